The van der Waals surface area contributed by atoms with Crippen LogP contribution in [-0.2, 0) is 9.59 Å². The van der Waals surface area contributed by atoms with Crippen molar-refractivity contribution in [1.82, 2.24) is 4.90 Å². The molecular formula is C19H18BrFN2O3. The van der Waals surface area contributed by atoms with Crippen molar-refractivity contribution in [2.24, 2.45) is 0 Å². The molecule has 0 saturated carbocycles. The van der Waals surface area contributed by atoms with Gasteiger partial charge < -0.3 is 15.0 Å². The molecule has 7 heteroatoms. The molecule has 0 saturated heterocycles. The number of ether oxygens (including phenoxy) is 1. The number of benzene rings is 2. The third-order valence-corrected chi connectivity index (χ3v) is 3.96. The van der Waals surface area contributed by atoms with Gasteiger partial charge in [-0.25, -0.2) is 4.39 Å². The zero-order chi connectivity index (χ0) is 19.1. The van der Waals surface area contributed by atoms with Crippen LogP contribution in [0.4, 0.5) is 10.1 Å². The van der Waals surface area contributed by atoms with E-state index in [1.165, 1.54) is 36.2 Å². The number of likely N-dealkylation sites (N-methyl/N-ethyl adjacent to an activating group) is 1. The highest BCUT2D eigenvalue weighted by Gasteiger charge is 2.11. The lowest BCUT2D eigenvalue weighted by molar-refractivity contribution is -0.129. The minimum Gasteiger partial charge on any atom is -0.496 e. The van der Waals surface area contributed by atoms with E-state index in [9.17, 15) is 14.0 Å². The van der Waals surface area contributed by atoms with E-state index in [1.54, 1.807) is 25.3 Å². The highest BCUT2D eigenvalue weighted by Crippen LogP contribution is 2.24. The summed E-state index contributed by atoms with van der Waals surface area (Å²) in [5, 5.41) is 2.54. The Morgan fingerprint density at radius 2 is 2.04 bits per heavy atom. The smallest absolute Gasteiger partial charge is 0.246 e. The number of amides is 2. The van der Waals surface area contributed by atoms with Gasteiger partial charge in [0.15, 0.2) is 0 Å². The maximum Gasteiger partial charge on any atom is 0.246 e. The Labute approximate surface area is 159 Å². The highest BCUT2D eigenvalue weighted by molar-refractivity contribution is 9.10. The van der Waals surface area contributed by atoms with Gasteiger partial charge in [0, 0.05) is 28.8 Å². The second-order valence-electron chi connectivity index (χ2n) is 5.47. The lowest BCUT2D eigenvalue weighted by atomic mass is 10.2. The predicted octanol–water partition coefficient (Wildman–Crippen LogP) is 3.71. The van der Waals surface area contributed by atoms with Gasteiger partial charge in [-0.15, -0.1) is 0 Å². The van der Waals surface area contributed by atoms with E-state index in [-0.39, 0.29) is 12.5 Å². The molecule has 0 aromatic heterocycles. The first-order chi connectivity index (χ1) is 12.4. The van der Waals surface area contributed by atoms with Gasteiger partial charge >= 0.3 is 0 Å². The van der Waals surface area contributed by atoms with Gasteiger partial charge in [0.1, 0.15) is 11.6 Å². The zero-order valence-electron chi connectivity index (χ0n) is 14.3. The molecule has 2 aromatic carbocycles. The molecule has 0 atom stereocenters. The fraction of sp³-hybridized carbons (Fsp3) is 0.158. The summed E-state index contributed by atoms with van der Waals surface area (Å²) in [5.41, 5.74) is 1.07. The largest absolute Gasteiger partial charge is 0.496 e. The standard InChI is InChI=1S/C19H18BrFN2O3/c1-23(12-18(24)22-16-5-3-4-15(21)11-16)19(25)9-6-13-10-14(20)7-8-17(13)26-2/h3-11H,12H2,1-2H3,(H,22,24)/b9-6+. The van der Waals surface area contributed by atoms with Gasteiger partial charge in [-0.1, -0.05) is 22.0 Å². The summed E-state index contributed by atoms with van der Waals surface area (Å²) in [4.78, 5) is 25.4. The van der Waals surface area contributed by atoms with Crippen molar-refractivity contribution in [3.63, 3.8) is 0 Å². The quantitative estimate of drug-likeness (QED) is 0.724. The van der Waals surface area contributed by atoms with Gasteiger partial charge in [0.05, 0.1) is 13.7 Å². The van der Waals surface area contributed by atoms with Crippen LogP contribution in [-0.4, -0.2) is 37.4 Å². The van der Waals surface area contributed by atoms with Crippen LogP contribution in [0.3, 0.4) is 0 Å². The van der Waals surface area contributed by atoms with Crippen LogP contribution < -0.4 is 10.1 Å². The molecule has 136 valence electrons. The van der Waals surface area contributed by atoms with Crippen molar-refractivity contribution in [2.75, 3.05) is 26.0 Å². The highest BCUT2D eigenvalue weighted by atomic mass is 79.9. The fourth-order valence-corrected chi connectivity index (χ4v) is 2.56. The molecule has 0 radical (unpaired) electrons. The molecule has 1 N–H and O–H groups in total. The minimum absolute atomic E-state index is 0.157. The Kier molecular flexibility index (Phi) is 6.91. The van der Waals surface area contributed by atoms with Gasteiger partial charge in [0.2, 0.25) is 11.8 Å². The van der Waals surface area contributed by atoms with E-state index in [1.807, 2.05) is 12.1 Å². The Morgan fingerprint density at radius 3 is 2.73 bits per heavy atom. The number of methoxy groups -OCH3 is 1. The fourth-order valence-electron chi connectivity index (χ4n) is 2.18. The van der Waals surface area contributed by atoms with Crippen molar-refractivity contribution in [3.8, 4) is 5.75 Å². The van der Waals surface area contributed by atoms with Gasteiger partial charge in [-0.05, 0) is 42.5 Å². The Hall–Kier alpha value is -2.67. The summed E-state index contributed by atoms with van der Waals surface area (Å²) in [6.07, 6.45) is 2.98. The number of anilines is 1. The lowest BCUT2D eigenvalue weighted by Gasteiger charge is -2.15. The van der Waals surface area contributed by atoms with E-state index < -0.39 is 11.7 Å². The maximum atomic E-state index is 13.1. The van der Waals surface area contributed by atoms with E-state index in [0.717, 1.165) is 10.0 Å². The van der Waals surface area contributed by atoms with E-state index in [4.69, 9.17) is 4.74 Å². The summed E-state index contributed by atoms with van der Waals surface area (Å²) < 4.78 is 19.2. The van der Waals surface area contributed by atoms with E-state index >= 15 is 0 Å². The zero-order valence-corrected chi connectivity index (χ0v) is 15.9. The van der Waals surface area contributed by atoms with E-state index in [2.05, 4.69) is 21.2 Å². The summed E-state index contributed by atoms with van der Waals surface area (Å²) in [6.45, 7) is -0.157. The number of carbonyl (C=O) groups is 2. The van der Waals surface area contributed by atoms with Crippen molar-refractivity contribution in [3.05, 3.63) is 64.4 Å². The van der Waals surface area contributed by atoms with Gasteiger partial charge in [-0.2, -0.15) is 0 Å². The van der Waals surface area contributed by atoms with E-state index in [0.29, 0.717) is 11.4 Å². The monoisotopic (exact) mass is 420 g/mol. The van der Waals surface area contributed by atoms with Crippen molar-refractivity contribution in [2.45, 2.75) is 0 Å². The Bertz CT molecular complexity index is 839. The first kappa shape index (κ1) is 19.7. The molecule has 26 heavy (non-hydrogen) atoms. The molecule has 0 heterocycles. The normalized spacial score (nSPS) is 10.6. The molecule has 5 nitrogen and oxygen atoms in total. The number of hydrogen-bond donors (Lipinski definition) is 1. The first-order valence-corrected chi connectivity index (χ1v) is 8.50. The SMILES string of the molecule is COc1ccc(Br)cc1/C=C/C(=O)N(C)CC(=O)Nc1cccc(F)c1. The molecule has 2 rings (SSSR count). The van der Waals surface area contributed by atoms with Gasteiger partial charge in [-0.3, -0.25) is 9.59 Å². The van der Waals surface area contributed by atoms with Crippen LogP contribution in [0.25, 0.3) is 6.08 Å². The van der Waals surface area contributed by atoms with Crippen LogP contribution >= 0.6 is 15.9 Å². The topological polar surface area (TPSA) is 58.6 Å². The lowest BCUT2D eigenvalue weighted by Crippen LogP contribution is -2.33. The number of nitrogens with one attached hydrogen (secondary N) is 1. The minimum atomic E-state index is -0.446. The Balaban J connectivity index is 1.97. The van der Waals surface area contributed by atoms with Crippen LogP contribution in [0.1, 0.15) is 5.56 Å². The van der Waals surface area contributed by atoms with Crippen LogP contribution in [0.2, 0.25) is 0 Å². The van der Waals surface area contributed by atoms with Crippen LogP contribution in [0.15, 0.2) is 53.0 Å². The van der Waals surface area contributed by atoms with Crippen LogP contribution in [0.5, 0.6) is 5.75 Å². The first-order valence-electron chi connectivity index (χ1n) is 7.71. The molecule has 2 amide bonds. The molecule has 2 aromatic rings. The summed E-state index contributed by atoms with van der Waals surface area (Å²) >= 11 is 3.37. The summed E-state index contributed by atoms with van der Waals surface area (Å²) in [7, 11) is 3.06. The number of hydrogen-bond acceptors (Lipinski definition) is 3. The summed E-state index contributed by atoms with van der Waals surface area (Å²) in [5.74, 6) is -0.580. The Morgan fingerprint density at radius 1 is 1.27 bits per heavy atom. The molecular weight excluding hydrogens is 403 g/mol. The molecule has 0 bridgehead atoms. The average molecular weight is 421 g/mol. The summed E-state index contributed by atoms with van der Waals surface area (Å²) in [6, 6.07) is 11.0. The van der Waals surface area contributed by atoms with Crippen LogP contribution in [0, 0.1) is 5.82 Å². The molecule has 0 unspecified atom stereocenters. The molecule has 0 aliphatic rings. The van der Waals surface area contributed by atoms with Crippen molar-refractivity contribution >= 4 is 39.5 Å². The van der Waals surface area contributed by atoms with Gasteiger partial charge in [0.25, 0.3) is 0 Å². The molecule has 0 aliphatic carbocycles. The predicted molar refractivity (Wildman–Crippen MR) is 102 cm³/mol. The second-order valence-corrected chi connectivity index (χ2v) is 6.39. The van der Waals surface area contributed by atoms with Crippen molar-refractivity contribution in [1.29, 1.82) is 0 Å². The number of carbonyl (C=O) groups excluding carboxylic acids is 2. The number of halogens is 2. The second kappa shape index (κ2) is 9.15. The molecule has 0 fully saturated rings. The molecule has 0 aliphatic heterocycles. The number of nitrogens with zero attached hydrogens (tertiary/aromatic N) is 1. The maximum absolute atomic E-state index is 13.1. The third-order valence-electron chi connectivity index (χ3n) is 3.46. The van der Waals surface area contributed by atoms with Crippen molar-refractivity contribution < 1.29 is 18.7 Å². The number of rotatable bonds is 6. The molecule has 0 spiro atoms. The average Bonchev–Trinajstić information content (AvgIpc) is 2.59. The third kappa shape index (κ3) is 5.70.